The molecule has 1 atom stereocenters. The molecule has 0 amide bonds. The van der Waals surface area contributed by atoms with E-state index in [-0.39, 0.29) is 0 Å². The lowest BCUT2D eigenvalue weighted by molar-refractivity contribution is 0.764. The Morgan fingerprint density at radius 2 is 2.40 bits per heavy atom. The zero-order valence-corrected chi connectivity index (χ0v) is 6.95. The molecule has 1 N–H and O–H groups in total. The fourth-order valence-corrected chi connectivity index (χ4v) is 1.94. The first-order valence-electron chi connectivity index (χ1n) is 3.82. The van der Waals surface area contributed by atoms with Gasteiger partial charge in [0.2, 0.25) is 0 Å². The van der Waals surface area contributed by atoms with Crippen molar-refractivity contribution in [1.82, 2.24) is 5.32 Å². The van der Waals surface area contributed by atoms with E-state index in [1.54, 1.807) is 0 Å². The minimum absolute atomic E-state index is 0.627. The third-order valence-electron chi connectivity index (χ3n) is 1.69. The Kier molecular flexibility index (Phi) is 1.60. The highest BCUT2D eigenvalue weighted by atomic mass is 32.2. The van der Waals surface area contributed by atoms with E-state index < -0.39 is 0 Å². The Balaban J connectivity index is 1.92. The second kappa shape index (κ2) is 2.46. The molecule has 0 radical (unpaired) electrons. The molecular weight excluding hydrogens is 144 g/mol. The summed E-state index contributed by atoms with van der Waals surface area (Å²) in [5, 5.41) is 4.51. The summed E-state index contributed by atoms with van der Waals surface area (Å²) >= 11 is 1.86. The van der Waals surface area contributed by atoms with Crippen LogP contribution in [0.2, 0.25) is 0 Å². The van der Waals surface area contributed by atoms with Crippen molar-refractivity contribution in [1.29, 1.82) is 0 Å². The molecule has 1 unspecified atom stereocenters. The van der Waals surface area contributed by atoms with Crippen molar-refractivity contribution < 1.29 is 0 Å². The molecule has 0 aromatic heterocycles. The second-order valence-electron chi connectivity index (χ2n) is 3.02. The van der Waals surface area contributed by atoms with Gasteiger partial charge in [-0.05, 0) is 19.8 Å². The van der Waals surface area contributed by atoms with Crippen LogP contribution < -0.4 is 5.32 Å². The van der Waals surface area contributed by atoms with Gasteiger partial charge in [0, 0.05) is 11.8 Å². The Bertz CT molecular complexity index is 163. The van der Waals surface area contributed by atoms with E-state index in [1.807, 2.05) is 11.8 Å². The summed E-state index contributed by atoms with van der Waals surface area (Å²) in [6.07, 6.45) is 2.61. The van der Waals surface area contributed by atoms with Gasteiger partial charge in [-0.3, -0.25) is 4.99 Å². The van der Waals surface area contributed by atoms with Gasteiger partial charge in [-0.15, -0.1) is 0 Å². The van der Waals surface area contributed by atoms with E-state index in [9.17, 15) is 0 Å². The summed E-state index contributed by atoms with van der Waals surface area (Å²) in [7, 11) is 0. The van der Waals surface area contributed by atoms with Crippen LogP contribution in [0.5, 0.6) is 0 Å². The first kappa shape index (κ1) is 6.53. The van der Waals surface area contributed by atoms with E-state index in [2.05, 4.69) is 17.2 Å². The van der Waals surface area contributed by atoms with Crippen molar-refractivity contribution in [2.75, 3.05) is 5.75 Å². The van der Waals surface area contributed by atoms with Crippen LogP contribution >= 0.6 is 11.8 Å². The summed E-state index contributed by atoms with van der Waals surface area (Å²) in [5.41, 5.74) is 0. The highest BCUT2D eigenvalue weighted by Crippen LogP contribution is 2.26. The van der Waals surface area contributed by atoms with Crippen molar-refractivity contribution in [3.05, 3.63) is 0 Å². The number of nitrogens with one attached hydrogen (secondary N) is 1. The minimum Gasteiger partial charge on any atom is -0.362 e. The van der Waals surface area contributed by atoms with Crippen LogP contribution in [0.3, 0.4) is 0 Å². The molecule has 1 saturated heterocycles. The number of thioether (sulfide) groups is 1. The lowest BCUT2D eigenvalue weighted by Gasteiger charge is -1.99. The molecule has 0 bridgehead atoms. The van der Waals surface area contributed by atoms with Crippen molar-refractivity contribution in [3.8, 4) is 0 Å². The third-order valence-corrected chi connectivity index (χ3v) is 2.85. The average molecular weight is 156 g/mol. The van der Waals surface area contributed by atoms with Crippen molar-refractivity contribution in [3.63, 3.8) is 0 Å². The number of hydrogen-bond donors (Lipinski definition) is 1. The minimum atomic E-state index is 0.627. The van der Waals surface area contributed by atoms with Crippen LogP contribution in [-0.4, -0.2) is 23.0 Å². The maximum absolute atomic E-state index is 4.51. The van der Waals surface area contributed by atoms with Gasteiger partial charge in [0.15, 0.2) is 5.17 Å². The Labute approximate surface area is 65.5 Å². The SMILES string of the molecule is CC1CSC(=NC2CC2)N1. The Hall–Kier alpha value is -0.180. The first-order chi connectivity index (χ1) is 4.84. The first-order valence-corrected chi connectivity index (χ1v) is 4.80. The Morgan fingerprint density at radius 1 is 1.60 bits per heavy atom. The van der Waals surface area contributed by atoms with Crippen LogP contribution in [0.15, 0.2) is 4.99 Å². The van der Waals surface area contributed by atoms with Gasteiger partial charge in [0.05, 0.1) is 6.04 Å². The summed E-state index contributed by atoms with van der Waals surface area (Å²) in [4.78, 5) is 4.51. The van der Waals surface area contributed by atoms with E-state index in [1.165, 1.54) is 23.8 Å². The molecule has 56 valence electrons. The van der Waals surface area contributed by atoms with Gasteiger partial charge in [-0.1, -0.05) is 11.8 Å². The lowest BCUT2D eigenvalue weighted by atomic mass is 10.4. The van der Waals surface area contributed by atoms with Crippen LogP contribution in [0, 0.1) is 0 Å². The van der Waals surface area contributed by atoms with Gasteiger partial charge in [-0.25, -0.2) is 0 Å². The van der Waals surface area contributed by atoms with Crippen LogP contribution in [0.25, 0.3) is 0 Å². The fraction of sp³-hybridized carbons (Fsp3) is 0.857. The fourth-order valence-electron chi connectivity index (χ4n) is 0.942. The zero-order valence-electron chi connectivity index (χ0n) is 6.13. The maximum atomic E-state index is 4.51. The molecule has 2 rings (SSSR count). The highest BCUT2D eigenvalue weighted by molar-refractivity contribution is 8.14. The molecule has 1 heterocycles. The van der Waals surface area contributed by atoms with Crippen LogP contribution in [-0.2, 0) is 0 Å². The molecular formula is C7H12N2S. The molecule has 2 fully saturated rings. The monoisotopic (exact) mass is 156 g/mol. The molecule has 2 aliphatic rings. The van der Waals surface area contributed by atoms with E-state index in [0.717, 1.165) is 0 Å². The third kappa shape index (κ3) is 1.45. The standard InChI is InChI=1S/C7H12N2S/c1-5-4-10-7(8-5)9-6-2-3-6/h5-6H,2-4H2,1H3,(H,8,9). The molecule has 1 aliphatic heterocycles. The molecule has 0 spiro atoms. The molecule has 0 aromatic carbocycles. The normalized spacial score (nSPS) is 36.5. The molecule has 2 nitrogen and oxygen atoms in total. The quantitative estimate of drug-likeness (QED) is 0.617. The van der Waals surface area contributed by atoms with Crippen molar-refractivity contribution in [2.45, 2.75) is 31.8 Å². The molecule has 10 heavy (non-hydrogen) atoms. The predicted octanol–water partition coefficient (Wildman–Crippen LogP) is 1.23. The summed E-state index contributed by atoms with van der Waals surface area (Å²) in [6.45, 7) is 2.20. The number of rotatable bonds is 1. The molecule has 1 aliphatic carbocycles. The van der Waals surface area contributed by atoms with E-state index in [4.69, 9.17) is 0 Å². The maximum Gasteiger partial charge on any atom is 0.157 e. The largest absolute Gasteiger partial charge is 0.362 e. The number of nitrogens with zero attached hydrogens (tertiary/aromatic N) is 1. The van der Waals surface area contributed by atoms with Gasteiger partial charge < -0.3 is 5.32 Å². The number of hydrogen-bond acceptors (Lipinski definition) is 2. The van der Waals surface area contributed by atoms with Crippen molar-refractivity contribution >= 4 is 16.9 Å². The Morgan fingerprint density at radius 3 is 2.90 bits per heavy atom. The highest BCUT2D eigenvalue weighted by Gasteiger charge is 2.23. The van der Waals surface area contributed by atoms with Gasteiger partial charge >= 0.3 is 0 Å². The zero-order chi connectivity index (χ0) is 6.97. The second-order valence-corrected chi connectivity index (χ2v) is 4.03. The lowest BCUT2D eigenvalue weighted by Crippen LogP contribution is -2.23. The predicted molar refractivity (Wildman–Crippen MR) is 45.5 cm³/mol. The van der Waals surface area contributed by atoms with Crippen molar-refractivity contribution in [2.24, 2.45) is 4.99 Å². The van der Waals surface area contributed by atoms with Gasteiger partial charge in [0.25, 0.3) is 0 Å². The van der Waals surface area contributed by atoms with Crippen LogP contribution in [0.1, 0.15) is 19.8 Å². The summed E-state index contributed by atoms with van der Waals surface area (Å²) in [6, 6.07) is 1.29. The average Bonchev–Trinajstić information content (AvgIpc) is 2.59. The van der Waals surface area contributed by atoms with E-state index in [0.29, 0.717) is 12.1 Å². The molecule has 3 heteroatoms. The summed E-state index contributed by atoms with van der Waals surface area (Å²) in [5.74, 6) is 1.19. The smallest absolute Gasteiger partial charge is 0.157 e. The molecule has 0 aromatic rings. The number of amidine groups is 1. The van der Waals surface area contributed by atoms with Crippen LogP contribution in [0.4, 0.5) is 0 Å². The van der Waals surface area contributed by atoms with E-state index >= 15 is 0 Å². The molecule has 1 saturated carbocycles. The van der Waals surface area contributed by atoms with Gasteiger partial charge in [0.1, 0.15) is 0 Å². The number of aliphatic imine (C=N–C) groups is 1. The van der Waals surface area contributed by atoms with Gasteiger partial charge in [-0.2, -0.15) is 0 Å². The topological polar surface area (TPSA) is 24.4 Å². The summed E-state index contributed by atoms with van der Waals surface area (Å²) < 4.78 is 0.